The van der Waals surface area contributed by atoms with Crippen molar-refractivity contribution in [2.24, 2.45) is 5.92 Å². The largest absolute Gasteiger partial charge is 0.314 e. The Bertz CT molecular complexity index is 87.6. The van der Waals surface area contributed by atoms with Crippen LogP contribution in [0.2, 0.25) is 0 Å². The molecule has 1 N–H and O–H groups in total. The van der Waals surface area contributed by atoms with E-state index in [2.05, 4.69) is 12.2 Å². The third kappa shape index (κ3) is 2.07. The summed E-state index contributed by atoms with van der Waals surface area (Å²) < 4.78 is 5.30. The van der Waals surface area contributed by atoms with Crippen LogP contribution in [-0.4, -0.2) is 19.2 Å². The van der Waals surface area contributed by atoms with Gasteiger partial charge < -0.3 is 8.38 Å². The van der Waals surface area contributed by atoms with Gasteiger partial charge in [0.2, 0.25) is 0 Å². The zero-order valence-corrected chi connectivity index (χ0v) is 8.43. The molecule has 10 heavy (non-hydrogen) atoms. The average molecular weight is 255 g/mol. The molecule has 0 bridgehead atoms. The van der Waals surface area contributed by atoms with E-state index < -0.39 is 0 Å². The minimum absolute atomic E-state index is 0.444. The van der Waals surface area contributed by atoms with Crippen molar-refractivity contribution in [3.05, 3.63) is 0 Å². The van der Waals surface area contributed by atoms with Gasteiger partial charge in [0.15, 0.2) is 0 Å². The molecule has 1 heterocycles. The Morgan fingerprint density at radius 1 is 1.70 bits per heavy atom. The van der Waals surface area contributed by atoms with Gasteiger partial charge in [0, 0.05) is 6.54 Å². The van der Waals surface area contributed by atoms with Crippen molar-refractivity contribution in [3.8, 4) is 0 Å². The zero-order valence-electron chi connectivity index (χ0n) is 6.27. The number of piperidine rings is 1. The number of rotatable bonds is 2. The highest BCUT2D eigenvalue weighted by Crippen LogP contribution is 2.20. The number of hydrogen-bond donors (Lipinski definition) is 1. The Balaban J connectivity index is 2.34. The fraction of sp³-hybridized carbons (Fsp3) is 1.00. The molecule has 1 saturated heterocycles. The van der Waals surface area contributed by atoms with Crippen LogP contribution in [0.15, 0.2) is 0 Å². The first-order valence-electron chi connectivity index (χ1n) is 3.86. The van der Waals surface area contributed by atoms with Crippen molar-refractivity contribution < 1.29 is 3.07 Å². The molecule has 1 rings (SSSR count). The van der Waals surface area contributed by atoms with Gasteiger partial charge in [0.25, 0.3) is 0 Å². The van der Waals surface area contributed by atoms with Crippen molar-refractivity contribution in [3.63, 3.8) is 0 Å². The van der Waals surface area contributed by atoms with E-state index in [1.165, 1.54) is 12.8 Å². The summed E-state index contributed by atoms with van der Waals surface area (Å²) in [6.07, 6.45) is 2.96. The van der Waals surface area contributed by atoms with Crippen LogP contribution in [0.5, 0.6) is 0 Å². The summed E-state index contributed by atoms with van der Waals surface area (Å²) in [6, 6.07) is 0. The number of halogens is 1. The molecule has 1 fully saturated rings. The van der Waals surface area contributed by atoms with Crippen LogP contribution in [0, 0.1) is 5.92 Å². The monoisotopic (exact) mass is 255 g/mol. The van der Waals surface area contributed by atoms with E-state index in [9.17, 15) is 0 Å². The van der Waals surface area contributed by atoms with Crippen molar-refractivity contribution in [2.45, 2.75) is 25.9 Å². The fourth-order valence-electron chi connectivity index (χ4n) is 1.46. The molecule has 0 radical (unpaired) electrons. The molecule has 60 valence electrons. The maximum absolute atomic E-state index is 5.30. The Morgan fingerprint density at radius 3 is 3.00 bits per heavy atom. The van der Waals surface area contributed by atoms with Crippen molar-refractivity contribution in [1.82, 2.24) is 5.32 Å². The minimum Gasteiger partial charge on any atom is -0.314 e. The van der Waals surface area contributed by atoms with Crippen LogP contribution < -0.4 is 5.32 Å². The van der Waals surface area contributed by atoms with Crippen LogP contribution in [0.1, 0.15) is 19.8 Å². The highest BCUT2D eigenvalue weighted by molar-refractivity contribution is 14.1. The molecule has 2 unspecified atom stereocenters. The molecule has 2 nitrogen and oxygen atoms in total. The molecule has 3 heteroatoms. The van der Waals surface area contributed by atoms with Gasteiger partial charge in [-0.1, -0.05) is 13.3 Å². The number of hydrogen-bond acceptors (Lipinski definition) is 2. The molecule has 0 aliphatic carbocycles. The Morgan fingerprint density at radius 2 is 2.50 bits per heavy atom. The lowest BCUT2D eigenvalue weighted by molar-refractivity contribution is 0.148. The zero-order chi connectivity index (χ0) is 7.40. The van der Waals surface area contributed by atoms with Gasteiger partial charge in [-0.3, -0.25) is 0 Å². The van der Waals surface area contributed by atoms with E-state index in [0.717, 1.165) is 19.0 Å². The second-order valence-corrected chi connectivity index (χ2v) is 3.30. The summed E-state index contributed by atoms with van der Waals surface area (Å²) in [6.45, 7) is 4.43. The van der Waals surface area contributed by atoms with Gasteiger partial charge in [-0.2, -0.15) is 0 Å². The van der Waals surface area contributed by atoms with Crippen LogP contribution in [0.3, 0.4) is 0 Å². The van der Waals surface area contributed by atoms with E-state index in [1.54, 1.807) is 0 Å². The summed E-state index contributed by atoms with van der Waals surface area (Å²) in [7, 11) is 0. The maximum Gasteiger partial charge on any atom is 0.110 e. The third-order valence-corrected chi connectivity index (χ3v) is 2.86. The summed E-state index contributed by atoms with van der Waals surface area (Å²) in [5, 5.41) is 3.32. The van der Waals surface area contributed by atoms with Crippen LogP contribution in [0.25, 0.3) is 0 Å². The van der Waals surface area contributed by atoms with Crippen LogP contribution in [0.4, 0.5) is 0 Å². The standard InChI is InChI=1S/C7H14INO/c1-2-6-3-4-9-5-7(6)10-8/h6-7,9H,2-5H2,1H3. The molecule has 0 aromatic rings. The van der Waals surface area contributed by atoms with E-state index in [0.29, 0.717) is 6.10 Å². The van der Waals surface area contributed by atoms with Crippen LogP contribution >= 0.6 is 23.0 Å². The Hall–Kier alpha value is 0.650. The second kappa shape index (κ2) is 4.51. The summed E-state index contributed by atoms with van der Waals surface area (Å²) in [5.74, 6) is 0.776. The highest BCUT2D eigenvalue weighted by atomic mass is 127. The topological polar surface area (TPSA) is 21.3 Å². The van der Waals surface area contributed by atoms with E-state index in [-0.39, 0.29) is 0 Å². The second-order valence-electron chi connectivity index (χ2n) is 2.79. The predicted octanol–water partition coefficient (Wildman–Crippen LogP) is 1.74. The van der Waals surface area contributed by atoms with E-state index in [4.69, 9.17) is 3.07 Å². The lowest BCUT2D eigenvalue weighted by Gasteiger charge is -2.28. The molecule has 0 saturated carbocycles. The van der Waals surface area contributed by atoms with Crippen LogP contribution in [-0.2, 0) is 3.07 Å². The van der Waals surface area contributed by atoms with Gasteiger partial charge in [0.05, 0.1) is 6.10 Å². The first-order chi connectivity index (χ1) is 4.88. The van der Waals surface area contributed by atoms with E-state index in [1.807, 2.05) is 23.0 Å². The minimum atomic E-state index is 0.444. The van der Waals surface area contributed by atoms with Gasteiger partial charge in [-0.15, -0.1) is 0 Å². The molecule has 0 aromatic heterocycles. The molecule has 1 aliphatic rings. The normalized spacial score (nSPS) is 34.2. The molecule has 0 aromatic carbocycles. The molecule has 0 amide bonds. The molecule has 0 spiro atoms. The lowest BCUT2D eigenvalue weighted by atomic mass is 9.93. The van der Waals surface area contributed by atoms with Gasteiger partial charge >= 0.3 is 0 Å². The summed E-state index contributed by atoms with van der Waals surface area (Å²) in [5.41, 5.74) is 0. The number of nitrogens with one attached hydrogen (secondary N) is 1. The van der Waals surface area contributed by atoms with Crippen molar-refractivity contribution >= 4 is 23.0 Å². The van der Waals surface area contributed by atoms with Crippen molar-refractivity contribution in [2.75, 3.05) is 13.1 Å². The molecular weight excluding hydrogens is 241 g/mol. The predicted molar refractivity (Wildman–Crippen MR) is 50.2 cm³/mol. The smallest absolute Gasteiger partial charge is 0.110 e. The van der Waals surface area contributed by atoms with Gasteiger partial charge in [-0.05, 0) is 18.9 Å². The third-order valence-electron chi connectivity index (χ3n) is 2.20. The Labute approximate surface area is 76.4 Å². The Kier molecular flexibility index (Phi) is 3.95. The van der Waals surface area contributed by atoms with E-state index >= 15 is 0 Å². The van der Waals surface area contributed by atoms with Gasteiger partial charge in [-0.25, -0.2) is 0 Å². The quantitative estimate of drug-likeness (QED) is 0.759. The highest BCUT2D eigenvalue weighted by Gasteiger charge is 2.23. The average Bonchev–Trinajstić information content (AvgIpc) is 2.04. The summed E-state index contributed by atoms with van der Waals surface area (Å²) >= 11 is 2.01. The molecular formula is C7H14INO. The maximum atomic E-state index is 5.30. The molecule has 1 aliphatic heterocycles. The fourth-order valence-corrected chi connectivity index (χ4v) is 2.05. The lowest BCUT2D eigenvalue weighted by Crippen LogP contribution is -2.40. The van der Waals surface area contributed by atoms with Gasteiger partial charge in [0.1, 0.15) is 23.0 Å². The van der Waals surface area contributed by atoms with Crippen molar-refractivity contribution in [1.29, 1.82) is 0 Å². The molecule has 2 atom stereocenters. The first-order valence-corrected chi connectivity index (χ1v) is 4.74. The summed E-state index contributed by atoms with van der Waals surface area (Å²) in [4.78, 5) is 0. The first kappa shape index (κ1) is 8.74. The SMILES string of the molecule is CCC1CCNCC1OI.